The molecule has 0 aliphatic heterocycles. The standard InChI is InChI=1S/C14H29NO5Si/c1-6-14(7-2,15-13-16)11-12-20-21(17-8-3,18-9-4)19-10-5/h6-12H2,1-5H3. The molecular formula is C14H29NO5Si. The highest BCUT2D eigenvalue weighted by Crippen LogP contribution is 2.25. The summed E-state index contributed by atoms with van der Waals surface area (Å²) >= 11 is 0. The summed E-state index contributed by atoms with van der Waals surface area (Å²) in [6, 6.07) is 0. The molecule has 0 unspecified atom stereocenters. The second-order valence-electron chi connectivity index (χ2n) is 4.53. The first-order chi connectivity index (χ1) is 10.1. The fourth-order valence-electron chi connectivity index (χ4n) is 2.06. The predicted octanol–water partition coefficient (Wildman–Crippen LogP) is 2.83. The molecule has 0 amide bonds. The molecule has 0 heterocycles. The van der Waals surface area contributed by atoms with Crippen LogP contribution in [-0.2, 0) is 22.5 Å². The summed E-state index contributed by atoms with van der Waals surface area (Å²) < 4.78 is 22.7. The molecule has 7 heteroatoms. The van der Waals surface area contributed by atoms with E-state index in [2.05, 4.69) is 4.99 Å². The van der Waals surface area contributed by atoms with E-state index in [1.165, 1.54) is 0 Å². The quantitative estimate of drug-likeness (QED) is 0.297. The molecule has 0 aliphatic rings. The Hall–Kier alpha value is -0.563. The predicted molar refractivity (Wildman–Crippen MR) is 82.6 cm³/mol. The molecule has 0 aromatic heterocycles. The molecule has 0 aromatic carbocycles. The normalized spacial score (nSPS) is 12.2. The van der Waals surface area contributed by atoms with Crippen LogP contribution in [0.15, 0.2) is 4.99 Å². The third kappa shape index (κ3) is 6.82. The third-order valence-electron chi connectivity index (χ3n) is 3.41. The highest BCUT2D eigenvalue weighted by molar-refractivity contribution is 6.53. The number of carbonyl (C=O) groups excluding carboxylic acids is 1. The Balaban J connectivity index is 4.76. The van der Waals surface area contributed by atoms with Gasteiger partial charge in [0.2, 0.25) is 6.08 Å². The van der Waals surface area contributed by atoms with E-state index in [0.717, 1.165) is 12.8 Å². The highest BCUT2D eigenvalue weighted by atomic mass is 28.4. The van der Waals surface area contributed by atoms with Gasteiger partial charge < -0.3 is 17.7 Å². The monoisotopic (exact) mass is 319 g/mol. The highest BCUT2D eigenvalue weighted by Gasteiger charge is 2.45. The average molecular weight is 319 g/mol. The van der Waals surface area contributed by atoms with Crippen LogP contribution < -0.4 is 0 Å². The minimum absolute atomic E-state index is 0.374. The first-order valence-corrected chi connectivity index (χ1v) is 9.35. The number of nitrogens with zero attached hydrogens (tertiary/aromatic N) is 1. The van der Waals surface area contributed by atoms with Crippen LogP contribution >= 0.6 is 0 Å². The number of hydrogen-bond donors (Lipinski definition) is 0. The van der Waals surface area contributed by atoms with Crippen molar-refractivity contribution < 1.29 is 22.5 Å². The molecule has 0 N–H and O–H groups in total. The first kappa shape index (κ1) is 20.4. The van der Waals surface area contributed by atoms with Gasteiger partial charge in [-0.15, -0.1) is 0 Å². The van der Waals surface area contributed by atoms with Crippen LogP contribution in [0.1, 0.15) is 53.9 Å². The summed E-state index contributed by atoms with van der Waals surface area (Å²) in [5.74, 6) is 0. The van der Waals surface area contributed by atoms with Gasteiger partial charge in [0, 0.05) is 26.4 Å². The molecule has 0 bridgehead atoms. The molecule has 0 fully saturated rings. The molecule has 21 heavy (non-hydrogen) atoms. The second kappa shape index (κ2) is 11.1. The van der Waals surface area contributed by atoms with Gasteiger partial charge in [-0.1, -0.05) is 13.8 Å². The van der Waals surface area contributed by atoms with Gasteiger partial charge in [-0.3, -0.25) is 0 Å². The molecule has 0 radical (unpaired) electrons. The van der Waals surface area contributed by atoms with Crippen LogP contribution in [0.3, 0.4) is 0 Å². The Morgan fingerprint density at radius 2 is 1.38 bits per heavy atom. The van der Waals surface area contributed by atoms with E-state index >= 15 is 0 Å². The molecule has 0 aliphatic carbocycles. The molecule has 0 spiro atoms. The minimum atomic E-state index is -3.08. The SMILES string of the molecule is CCO[Si](OCC)(OCC)OCCC(CC)(CC)N=C=O. The van der Waals surface area contributed by atoms with Crippen LogP contribution in [0.4, 0.5) is 0 Å². The van der Waals surface area contributed by atoms with Gasteiger partial charge in [0.1, 0.15) is 0 Å². The van der Waals surface area contributed by atoms with Crippen molar-refractivity contribution in [2.45, 2.75) is 59.4 Å². The Labute approximate surface area is 129 Å². The van der Waals surface area contributed by atoms with Crippen molar-refractivity contribution in [3.05, 3.63) is 0 Å². The van der Waals surface area contributed by atoms with Gasteiger partial charge in [-0.2, -0.15) is 4.99 Å². The van der Waals surface area contributed by atoms with Crippen LogP contribution in [0.25, 0.3) is 0 Å². The van der Waals surface area contributed by atoms with E-state index in [9.17, 15) is 4.79 Å². The van der Waals surface area contributed by atoms with E-state index in [1.54, 1.807) is 6.08 Å². The van der Waals surface area contributed by atoms with Crippen molar-refractivity contribution in [2.75, 3.05) is 26.4 Å². The number of isocyanates is 1. The summed E-state index contributed by atoms with van der Waals surface area (Å²) in [6.07, 6.45) is 3.80. The third-order valence-corrected chi connectivity index (χ3v) is 5.89. The zero-order chi connectivity index (χ0) is 16.2. The van der Waals surface area contributed by atoms with Crippen molar-refractivity contribution >= 4 is 15.1 Å². The lowest BCUT2D eigenvalue weighted by Crippen LogP contribution is -2.50. The van der Waals surface area contributed by atoms with Crippen LogP contribution in [0.2, 0.25) is 0 Å². The van der Waals surface area contributed by atoms with Gasteiger partial charge in [0.25, 0.3) is 0 Å². The van der Waals surface area contributed by atoms with Crippen molar-refractivity contribution in [2.24, 2.45) is 4.99 Å². The van der Waals surface area contributed by atoms with Gasteiger partial charge in [0.15, 0.2) is 0 Å². The lowest BCUT2D eigenvalue weighted by Gasteiger charge is -2.30. The van der Waals surface area contributed by atoms with Crippen molar-refractivity contribution in [1.29, 1.82) is 0 Å². The van der Waals surface area contributed by atoms with E-state index in [-0.39, 0.29) is 0 Å². The molecule has 124 valence electrons. The van der Waals surface area contributed by atoms with E-state index < -0.39 is 14.6 Å². The molecular weight excluding hydrogens is 290 g/mol. The molecule has 0 saturated carbocycles. The minimum Gasteiger partial charge on any atom is -0.351 e. The lowest BCUT2D eigenvalue weighted by atomic mass is 9.90. The second-order valence-corrected chi connectivity index (χ2v) is 6.69. The smallest absolute Gasteiger partial charge is 0.351 e. The Bertz CT molecular complexity index is 299. The Morgan fingerprint density at radius 1 is 0.905 bits per heavy atom. The van der Waals surface area contributed by atoms with Crippen LogP contribution in [-0.4, -0.2) is 47.1 Å². The summed E-state index contributed by atoms with van der Waals surface area (Å²) in [7, 11) is -3.08. The van der Waals surface area contributed by atoms with E-state index in [0.29, 0.717) is 32.8 Å². The van der Waals surface area contributed by atoms with Crippen molar-refractivity contribution in [3.8, 4) is 0 Å². The Kier molecular flexibility index (Phi) is 10.8. The summed E-state index contributed by atoms with van der Waals surface area (Å²) in [5, 5.41) is 0. The Morgan fingerprint density at radius 3 is 1.71 bits per heavy atom. The summed E-state index contributed by atoms with van der Waals surface area (Å²) in [6.45, 7) is 11.4. The molecule has 0 rings (SSSR count). The zero-order valence-corrected chi connectivity index (χ0v) is 14.9. The number of rotatable bonds is 13. The molecule has 6 nitrogen and oxygen atoms in total. The van der Waals surface area contributed by atoms with Gasteiger partial charge in [-0.25, -0.2) is 4.79 Å². The van der Waals surface area contributed by atoms with Crippen LogP contribution in [0.5, 0.6) is 0 Å². The largest absolute Gasteiger partial charge is 0.679 e. The maximum absolute atomic E-state index is 10.6. The van der Waals surface area contributed by atoms with Crippen molar-refractivity contribution in [1.82, 2.24) is 0 Å². The van der Waals surface area contributed by atoms with Crippen molar-refractivity contribution in [3.63, 3.8) is 0 Å². The van der Waals surface area contributed by atoms with Gasteiger partial charge in [-0.05, 0) is 40.0 Å². The molecule has 0 atom stereocenters. The molecule has 0 saturated heterocycles. The number of hydrogen-bond acceptors (Lipinski definition) is 6. The maximum Gasteiger partial charge on any atom is 0.679 e. The van der Waals surface area contributed by atoms with E-state index in [4.69, 9.17) is 17.7 Å². The zero-order valence-electron chi connectivity index (χ0n) is 13.9. The van der Waals surface area contributed by atoms with Gasteiger partial charge in [0.05, 0.1) is 5.54 Å². The molecule has 0 aromatic rings. The lowest BCUT2D eigenvalue weighted by molar-refractivity contribution is -0.0302. The maximum atomic E-state index is 10.6. The van der Waals surface area contributed by atoms with Crippen LogP contribution in [0, 0.1) is 0 Å². The fourth-order valence-corrected chi connectivity index (χ4v) is 3.97. The average Bonchev–Trinajstić information content (AvgIpc) is 2.47. The summed E-state index contributed by atoms with van der Waals surface area (Å²) in [4.78, 5) is 14.6. The summed E-state index contributed by atoms with van der Waals surface area (Å²) in [5.41, 5.74) is -0.424. The van der Waals surface area contributed by atoms with Gasteiger partial charge >= 0.3 is 9.05 Å². The fraction of sp³-hybridized carbons (Fsp3) is 0.929. The number of aliphatic imine (C=N–C) groups is 1. The topological polar surface area (TPSA) is 66.3 Å². The van der Waals surface area contributed by atoms with E-state index in [1.807, 2.05) is 34.6 Å². The first-order valence-electron chi connectivity index (χ1n) is 7.72.